The van der Waals surface area contributed by atoms with E-state index in [9.17, 15) is 0 Å². The van der Waals surface area contributed by atoms with Crippen molar-refractivity contribution in [3.63, 3.8) is 0 Å². The van der Waals surface area contributed by atoms with Crippen LogP contribution in [0.2, 0.25) is 0 Å². The molecule has 0 saturated heterocycles. The van der Waals surface area contributed by atoms with Gasteiger partial charge in [0.05, 0.1) is 20.3 Å². The Bertz CT molecular complexity index is 454. The van der Waals surface area contributed by atoms with E-state index in [0.29, 0.717) is 13.2 Å². The minimum Gasteiger partial charge on any atom is -0.497 e. The summed E-state index contributed by atoms with van der Waals surface area (Å²) in [6.07, 6.45) is 0.00433. The molecule has 0 saturated carbocycles. The van der Waals surface area contributed by atoms with Crippen molar-refractivity contribution in [2.45, 2.75) is 26.0 Å². The van der Waals surface area contributed by atoms with Crippen LogP contribution in [0.3, 0.4) is 0 Å². The molecule has 0 radical (unpaired) electrons. The van der Waals surface area contributed by atoms with Crippen molar-refractivity contribution in [1.82, 2.24) is 10.6 Å². The van der Waals surface area contributed by atoms with Crippen LogP contribution in [0.15, 0.2) is 29.3 Å². The summed E-state index contributed by atoms with van der Waals surface area (Å²) in [6.45, 7) is 5.31. The zero-order valence-electron chi connectivity index (χ0n) is 14.5. The molecule has 23 heavy (non-hydrogen) atoms. The van der Waals surface area contributed by atoms with E-state index < -0.39 is 0 Å². The fourth-order valence-electron chi connectivity index (χ4n) is 1.89. The molecule has 7 heteroatoms. The van der Waals surface area contributed by atoms with Crippen LogP contribution in [0.5, 0.6) is 11.5 Å². The third kappa shape index (κ3) is 8.85. The van der Waals surface area contributed by atoms with E-state index in [1.165, 1.54) is 0 Å². The third-order valence-electron chi connectivity index (χ3n) is 2.98. The van der Waals surface area contributed by atoms with Crippen molar-refractivity contribution in [2.75, 3.05) is 34.4 Å². The maximum atomic E-state index is 5.84. The molecule has 1 aromatic carbocycles. The highest BCUT2D eigenvalue weighted by Gasteiger charge is 2.08. The molecule has 0 fully saturated rings. The lowest BCUT2D eigenvalue weighted by molar-refractivity contribution is 0.178. The van der Waals surface area contributed by atoms with Gasteiger partial charge in [-0.3, -0.25) is 4.99 Å². The van der Waals surface area contributed by atoms with Gasteiger partial charge in [-0.1, -0.05) is 0 Å². The first kappa shape index (κ1) is 21.8. The van der Waals surface area contributed by atoms with E-state index in [-0.39, 0.29) is 36.1 Å². The molecule has 2 unspecified atom stereocenters. The van der Waals surface area contributed by atoms with E-state index in [4.69, 9.17) is 14.2 Å². The molecule has 6 nitrogen and oxygen atoms in total. The molecule has 0 spiro atoms. The molecule has 0 aliphatic heterocycles. The van der Waals surface area contributed by atoms with E-state index in [0.717, 1.165) is 17.5 Å². The molecule has 0 aromatic heterocycles. The molecule has 1 rings (SSSR count). The van der Waals surface area contributed by atoms with Gasteiger partial charge in [0.25, 0.3) is 0 Å². The highest BCUT2D eigenvalue weighted by molar-refractivity contribution is 14.0. The Morgan fingerprint density at radius 3 is 2.26 bits per heavy atom. The summed E-state index contributed by atoms with van der Waals surface area (Å²) < 4.78 is 16.1. The number of aliphatic imine (C=N–C) groups is 1. The van der Waals surface area contributed by atoms with E-state index in [2.05, 4.69) is 15.6 Å². The summed E-state index contributed by atoms with van der Waals surface area (Å²) in [6, 6.07) is 7.73. The lowest BCUT2D eigenvalue weighted by atomic mass is 10.3. The van der Waals surface area contributed by atoms with Gasteiger partial charge in [-0.15, -0.1) is 24.0 Å². The first-order chi connectivity index (χ1) is 10.6. The van der Waals surface area contributed by atoms with E-state index in [1.54, 1.807) is 21.3 Å². The molecule has 2 N–H and O–H groups in total. The van der Waals surface area contributed by atoms with Crippen molar-refractivity contribution < 1.29 is 14.2 Å². The average molecular weight is 437 g/mol. The minimum atomic E-state index is 0. The van der Waals surface area contributed by atoms with Gasteiger partial charge in [0.2, 0.25) is 0 Å². The monoisotopic (exact) mass is 437 g/mol. The molecule has 2 atom stereocenters. The van der Waals surface area contributed by atoms with E-state index in [1.807, 2.05) is 38.1 Å². The molecule has 0 heterocycles. The fourth-order valence-corrected chi connectivity index (χ4v) is 1.89. The topological polar surface area (TPSA) is 64.1 Å². The van der Waals surface area contributed by atoms with Gasteiger partial charge in [0.15, 0.2) is 5.96 Å². The van der Waals surface area contributed by atoms with Gasteiger partial charge in [0, 0.05) is 20.2 Å². The highest BCUT2D eigenvalue weighted by atomic mass is 127. The largest absolute Gasteiger partial charge is 0.497 e. The molecule has 1 aromatic rings. The number of benzene rings is 1. The number of nitrogens with one attached hydrogen (secondary N) is 2. The number of hydrogen-bond donors (Lipinski definition) is 2. The molecular weight excluding hydrogens is 409 g/mol. The highest BCUT2D eigenvalue weighted by Crippen LogP contribution is 2.17. The Morgan fingerprint density at radius 1 is 1.13 bits per heavy atom. The minimum absolute atomic E-state index is 0. The maximum absolute atomic E-state index is 5.84. The molecule has 132 valence electrons. The molecule has 0 bridgehead atoms. The van der Waals surface area contributed by atoms with Crippen molar-refractivity contribution >= 4 is 29.9 Å². The van der Waals surface area contributed by atoms with Crippen LogP contribution in [0.25, 0.3) is 0 Å². The first-order valence-corrected chi connectivity index (χ1v) is 7.35. The van der Waals surface area contributed by atoms with Crippen molar-refractivity contribution in [2.24, 2.45) is 4.99 Å². The predicted molar refractivity (Wildman–Crippen MR) is 104 cm³/mol. The van der Waals surface area contributed by atoms with Crippen molar-refractivity contribution in [1.29, 1.82) is 0 Å². The number of rotatable bonds is 8. The molecular formula is C16H28IN3O3. The van der Waals surface area contributed by atoms with Crippen LogP contribution in [-0.2, 0) is 4.74 Å². The number of hydrogen-bond acceptors (Lipinski definition) is 4. The van der Waals surface area contributed by atoms with Gasteiger partial charge in [-0.2, -0.15) is 0 Å². The summed E-state index contributed by atoms with van der Waals surface area (Å²) in [5.41, 5.74) is 0. The number of nitrogens with zero attached hydrogens (tertiary/aromatic N) is 1. The zero-order chi connectivity index (χ0) is 16.4. The summed E-state index contributed by atoms with van der Waals surface area (Å²) >= 11 is 0. The smallest absolute Gasteiger partial charge is 0.191 e. The standard InChI is InChI=1S/C16H27N3O3.HI/c1-12(11-20-4)19-16(17-3)18-10-13(2)22-15-8-6-14(21-5)7-9-15;/h6-9,12-13H,10-11H2,1-5H3,(H2,17,18,19);1H. The molecule has 0 aliphatic rings. The third-order valence-corrected chi connectivity index (χ3v) is 2.98. The van der Waals surface area contributed by atoms with Crippen LogP contribution in [0, 0.1) is 0 Å². The summed E-state index contributed by atoms with van der Waals surface area (Å²) in [5.74, 6) is 2.36. The Kier molecular flexibility index (Phi) is 11.6. The van der Waals surface area contributed by atoms with E-state index >= 15 is 0 Å². The summed E-state index contributed by atoms with van der Waals surface area (Å²) in [4.78, 5) is 4.18. The SMILES string of the molecule is CN=C(NCC(C)Oc1ccc(OC)cc1)NC(C)COC.I. The zero-order valence-corrected chi connectivity index (χ0v) is 16.8. The number of ether oxygens (including phenoxy) is 3. The maximum Gasteiger partial charge on any atom is 0.191 e. The second kappa shape index (κ2) is 12.2. The van der Waals surface area contributed by atoms with Crippen LogP contribution in [0.4, 0.5) is 0 Å². The van der Waals surface area contributed by atoms with Crippen LogP contribution >= 0.6 is 24.0 Å². The second-order valence-corrected chi connectivity index (χ2v) is 5.06. The average Bonchev–Trinajstić information content (AvgIpc) is 2.52. The lowest BCUT2D eigenvalue weighted by Crippen LogP contribution is -2.46. The predicted octanol–water partition coefficient (Wildman–Crippen LogP) is 2.28. The van der Waals surface area contributed by atoms with Gasteiger partial charge in [-0.05, 0) is 38.1 Å². The van der Waals surface area contributed by atoms with Crippen molar-refractivity contribution in [3.8, 4) is 11.5 Å². The van der Waals surface area contributed by atoms with Gasteiger partial charge in [-0.25, -0.2) is 0 Å². The normalized spacial score (nSPS) is 13.5. The second-order valence-electron chi connectivity index (χ2n) is 5.06. The van der Waals surface area contributed by atoms with Crippen LogP contribution in [-0.4, -0.2) is 52.5 Å². The number of guanidine groups is 1. The Balaban J connectivity index is 0.00000484. The summed E-state index contributed by atoms with van der Waals surface area (Å²) in [5, 5.41) is 6.48. The van der Waals surface area contributed by atoms with Gasteiger partial charge >= 0.3 is 0 Å². The quantitative estimate of drug-likeness (QED) is 0.371. The number of methoxy groups -OCH3 is 2. The van der Waals surface area contributed by atoms with Gasteiger partial charge in [0.1, 0.15) is 17.6 Å². The van der Waals surface area contributed by atoms with Gasteiger partial charge < -0.3 is 24.8 Å². The molecule has 0 amide bonds. The Hall–Kier alpha value is -1.22. The number of halogens is 1. The summed E-state index contributed by atoms with van der Waals surface area (Å²) in [7, 11) is 5.06. The van der Waals surface area contributed by atoms with Crippen LogP contribution < -0.4 is 20.1 Å². The lowest BCUT2D eigenvalue weighted by Gasteiger charge is -2.20. The Labute approximate surface area is 156 Å². The van der Waals surface area contributed by atoms with Crippen molar-refractivity contribution in [3.05, 3.63) is 24.3 Å². The van der Waals surface area contributed by atoms with Crippen LogP contribution in [0.1, 0.15) is 13.8 Å². The Morgan fingerprint density at radius 2 is 1.74 bits per heavy atom. The first-order valence-electron chi connectivity index (χ1n) is 7.35. The fraction of sp³-hybridized carbons (Fsp3) is 0.562. The molecule has 0 aliphatic carbocycles.